The molecule has 1 spiro atoms. The Bertz CT molecular complexity index is 2040. The summed E-state index contributed by atoms with van der Waals surface area (Å²) in [6.07, 6.45) is 5.52. The number of hydrogen-bond donors (Lipinski definition) is 1. The number of aliphatic imine (C=N–C) groups is 2. The van der Waals surface area contributed by atoms with Gasteiger partial charge in [-0.15, -0.1) is 0 Å². The van der Waals surface area contributed by atoms with Crippen LogP contribution in [0, 0.1) is 5.92 Å². The predicted molar refractivity (Wildman–Crippen MR) is 180 cm³/mol. The van der Waals surface area contributed by atoms with Crippen molar-refractivity contribution in [2.45, 2.75) is 24.9 Å². The predicted octanol–water partition coefficient (Wildman–Crippen LogP) is 8.86. The number of amidine groups is 2. The summed E-state index contributed by atoms with van der Waals surface area (Å²) in [7, 11) is 0. The van der Waals surface area contributed by atoms with E-state index in [0.29, 0.717) is 5.92 Å². The zero-order valence-corrected chi connectivity index (χ0v) is 24.5. The molecule has 0 aromatic heterocycles. The molecule has 5 aromatic carbocycles. The Balaban J connectivity index is 1.27. The maximum atomic E-state index is 5.22. The average molecular weight is 566 g/mol. The number of fused-ring (bicyclic) bond motifs is 9. The van der Waals surface area contributed by atoms with Gasteiger partial charge in [0.15, 0.2) is 6.17 Å². The van der Waals surface area contributed by atoms with Crippen molar-refractivity contribution in [2.24, 2.45) is 15.9 Å². The van der Waals surface area contributed by atoms with E-state index in [1.54, 1.807) is 0 Å². The molecule has 2 atom stereocenters. The largest absolute Gasteiger partial charge is 0.324 e. The highest BCUT2D eigenvalue weighted by Gasteiger charge is 2.53. The van der Waals surface area contributed by atoms with Gasteiger partial charge in [0.25, 0.3) is 0 Å². The molecule has 0 amide bonds. The van der Waals surface area contributed by atoms with Crippen LogP contribution in [0.5, 0.6) is 0 Å². The molecule has 44 heavy (non-hydrogen) atoms. The van der Waals surface area contributed by atoms with Crippen molar-refractivity contribution in [3.63, 3.8) is 0 Å². The standard InChI is InChI=1S/C41H31N3/c1-26-13-12-22-35-37(26)32-24-23-29(25-36(32)41(35)33-20-10-8-18-30(33)31-19-9-11-21-34(31)41)40-43-38(27-14-4-2-5-15-27)42-39(44-40)28-16-6-3-7-17-28/h2-12,14-26,38H,13H2,1H3,(H,42,43,44). The minimum absolute atomic E-state index is 0.327. The number of benzene rings is 5. The molecule has 1 N–H and O–H groups in total. The zero-order chi connectivity index (χ0) is 29.3. The van der Waals surface area contributed by atoms with Gasteiger partial charge in [-0.1, -0.05) is 140 Å². The van der Waals surface area contributed by atoms with E-state index in [1.807, 2.05) is 12.1 Å². The number of nitrogens with one attached hydrogen (secondary N) is 1. The van der Waals surface area contributed by atoms with Gasteiger partial charge in [0, 0.05) is 11.1 Å². The second-order valence-corrected chi connectivity index (χ2v) is 12.2. The van der Waals surface area contributed by atoms with Crippen molar-refractivity contribution < 1.29 is 0 Å². The summed E-state index contributed by atoms with van der Waals surface area (Å²) < 4.78 is 0. The highest BCUT2D eigenvalue weighted by atomic mass is 15.2. The molecule has 3 nitrogen and oxygen atoms in total. The Morgan fingerprint density at radius 3 is 1.93 bits per heavy atom. The Hall–Kier alpha value is -5.28. The lowest BCUT2D eigenvalue weighted by Gasteiger charge is -2.33. The molecule has 0 radical (unpaired) electrons. The monoisotopic (exact) mass is 565 g/mol. The van der Waals surface area contributed by atoms with Gasteiger partial charge >= 0.3 is 0 Å². The van der Waals surface area contributed by atoms with E-state index in [2.05, 4.69) is 140 Å². The van der Waals surface area contributed by atoms with Crippen LogP contribution in [0.15, 0.2) is 155 Å². The highest BCUT2D eigenvalue weighted by Crippen LogP contribution is 2.64. The Morgan fingerprint density at radius 1 is 0.614 bits per heavy atom. The van der Waals surface area contributed by atoms with E-state index < -0.39 is 0 Å². The van der Waals surface area contributed by atoms with Crippen LogP contribution < -0.4 is 5.32 Å². The maximum Gasteiger partial charge on any atom is 0.169 e. The van der Waals surface area contributed by atoms with Crippen LogP contribution >= 0.6 is 0 Å². The third-order valence-corrected chi connectivity index (χ3v) is 9.79. The number of hydrogen-bond acceptors (Lipinski definition) is 3. The first-order valence-corrected chi connectivity index (χ1v) is 15.5. The molecule has 5 aromatic rings. The summed E-state index contributed by atoms with van der Waals surface area (Å²) in [6, 6.07) is 45.8. The lowest BCUT2D eigenvalue weighted by molar-refractivity contribution is 0.731. The van der Waals surface area contributed by atoms with Crippen molar-refractivity contribution in [1.82, 2.24) is 5.32 Å². The fraction of sp³-hybridized carbons (Fsp3) is 0.122. The van der Waals surface area contributed by atoms with E-state index in [4.69, 9.17) is 9.98 Å². The summed E-state index contributed by atoms with van der Waals surface area (Å²) in [5.74, 6) is 2.13. The molecular weight excluding hydrogens is 534 g/mol. The summed E-state index contributed by atoms with van der Waals surface area (Å²) in [6.45, 7) is 2.38. The molecule has 4 aliphatic rings. The first kappa shape index (κ1) is 25.2. The molecule has 3 heteroatoms. The van der Waals surface area contributed by atoms with Gasteiger partial charge in [-0.3, -0.25) is 0 Å². The fourth-order valence-electron chi connectivity index (χ4n) is 7.91. The Labute approximate surface area is 258 Å². The van der Waals surface area contributed by atoms with Crippen molar-refractivity contribution in [3.8, 4) is 11.1 Å². The third-order valence-electron chi connectivity index (χ3n) is 9.79. The van der Waals surface area contributed by atoms with Crippen LogP contribution in [-0.4, -0.2) is 11.7 Å². The highest BCUT2D eigenvalue weighted by molar-refractivity contribution is 6.16. The molecule has 3 aliphatic carbocycles. The first-order chi connectivity index (χ1) is 21.7. The normalized spacial score (nSPS) is 20.3. The molecule has 1 aliphatic heterocycles. The van der Waals surface area contributed by atoms with Crippen molar-refractivity contribution in [3.05, 3.63) is 184 Å². The smallest absolute Gasteiger partial charge is 0.169 e. The zero-order valence-electron chi connectivity index (χ0n) is 24.5. The second-order valence-electron chi connectivity index (χ2n) is 12.2. The summed E-state index contributed by atoms with van der Waals surface area (Å²) in [5, 5.41) is 3.64. The Kier molecular flexibility index (Phi) is 5.52. The van der Waals surface area contributed by atoms with Crippen LogP contribution in [0.1, 0.15) is 58.5 Å². The molecule has 0 fully saturated rings. The molecule has 210 valence electrons. The minimum atomic E-state index is -0.358. The SMILES string of the molecule is CC1CC=CC2=C1c1ccc(C3=NC(c4ccccc4)N=C(c4ccccc4)N3)cc1C21c2ccccc2-c2ccccc21. The van der Waals surface area contributed by atoms with Crippen LogP contribution in [-0.2, 0) is 5.41 Å². The van der Waals surface area contributed by atoms with Crippen molar-refractivity contribution in [2.75, 3.05) is 0 Å². The minimum Gasteiger partial charge on any atom is -0.324 e. The fourth-order valence-corrected chi connectivity index (χ4v) is 7.91. The number of allylic oxidation sites excluding steroid dienone is 4. The summed E-state index contributed by atoms with van der Waals surface area (Å²) >= 11 is 0. The van der Waals surface area contributed by atoms with E-state index in [0.717, 1.165) is 34.8 Å². The number of rotatable bonds is 3. The lowest BCUT2D eigenvalue weighted by atomic mass is 9.68. The topological polar surface area (TPSA) is 36.8 Å². The number of nitrogens with zero attached hydrogens (tertiary/aromatic N) is 2. The van der Waals surface area contributed by atoms with Gasteiger partial charge in [-0.05, 0) is 68.5 Å². The quantitative estimate of drug-likeness (QED) is 0.233. The lowest BCUT2D eigenvalue weighted by Crippen LogP contribution is -2.36. The van der Waals surface area contributed by atoms with E-state index in [9.17, 15) is 0 Å². The average Bonchev–Trinajstić information content (AvgIpc) is 3.57. The van der Waals surface area contributed by atoms with E-state index >= 15 is 0 Å². The van der Waals surface area contributed by atoms with Gasteiger partial charge in [0.1, 0.15) is 11.7 Å². The van der Waals surface area contributed by atoms with Gasteiger partial charge < -0.3 is 5.32 Å². The molecule has 9 rings (SSSR count). The maximum absolute atomic E-state index is 5.22. The van der Waals surface area contributed by atoms with Gasteiger partial charge in [-0.2, -0.15) is 0 Å². The van der Waals surface area contributed by atoms with E-state index in [1.165, 1.54) is 44.5 Å². The van der Waals surface area contributed by atoms with Crippen LogP contribution in [0.3, 0.4) is 0 Å². The molecule has 2 unspecified atom stereocenters. The van der Waals surface area contributed by atoms with Crippen LogP contribution in [0.25, 0.3) is 16.7 Å². The van der Waals surface area contributed by atoms with Crippen LogP contribution in [0.4, 0.5) is 0 Å². The van der Waals surface area contributed by atoms with Crippen molar-refractivity contribution in [1.29, 1.82) is 0 Å². The third kappa shape index (κ3) is 3.50. The second kappa shape index (κ2) is 9.62. The van der Waals surface area contributed by atoms with Gasteiger partial charge in [0.05, 0.1) is 5.41 Å². The van der Waals surface area contributed by atoms with E-state index in [-0.39, 0.29) is 11.6 Å². The Morgan fingerprint density at radius 2 is 1.23 bits per heavy atom. The molecule has 0 bridgehead atoms. The van der Waals surface area contributed by atoms with Crippen LogP contribution in [0.2, 0.25) is 0 Å². The van der Waals surface area contributed by atoms with Crippen molar-refractivity contribution >= 4 is 17.2 Å². The molecule has 0 saturated heterocycles. The summed E-state index contributed by atoms with van der Waals surface area (Å²) in [4.78, 5) is 10.3. The molecule has 0 saturated carbocycles. The summed E-state index contributed by atoms with van der Waals surface area (Å²) in [5.41, 5.74) is 13.9. The molecular formula is C41H31N3. The molecule has 1 heterocycles. The van der Waals surface area contributed by atoms with Gasteiger partial charge in [-0.25, -0.2) is 9.98 Å². The first-order valence-electron chi connectivity index (χ1n) is 15.5. The van der Waals surface area contributed by atoms with Gasteiger partial charge in [0.2, 0.25) is 0 Å².